The van der Waals surface area contributed by atoms with Crippen LogP contribution >= 0.6 is 0 Å². The van der Waals surface area contributed by atoms with Crippen LogP contribution in [0, 0.1) is 5.82 Å². The number of amides is 1. The first kappa shape index (κ1) is 15.0. The molecule has 3 unspecified atom stereocenters. The van der Waals surface area contributed by atoms with Gasteiger partial charge in [-0.3, -0.25) is 10.1 Å². The van der Waals surface area contributed by atoms with Crippen molar-refractivity contribution < 1.29 is 9.18 Å². The van der Waals surface area contributed by atoms with E-state index in [1.165, 1.54) is 6.07 Å². The molecule has 1 fully saturated rings. The van der Waals surface area contributed by atoms with Gasteiger partial charge in [0.2, 0.25) is 5.91 Å². The number of nitrogens with one attached hydrogen (secondary N) is 1. The van der Waals surface area contributed by atoms with Gasteiger partial charge in [0.1, 0.15) is 12.0 Å². The molecule has 0 aliphatic carbocycles. The lowest BCUT2D eigenvalue weighted by molar-refractivity contribution is -0.132. The number of hydrogen-bond donors (Lipinski definition) is 1. The Bertz CT molecular complexity index is 477. The summed E-state index contributed by atoms with van der Waals surface area (Å²) in [6, 6.07) is 6.59. The highest BCUT2D eigenvalue weighted by molar-refractivity contribution is 5.84. The zero-order valence-electron chi connectivity index (χ0n) is 12.4. The molecular formula is C16H23FN2O. The lowest BCUT2D eigenvalue weighted by Crippen LogP contribution is -2.38. The Hall–Kier alpha value is -1.42. The molecule has 1 N–H and O–H groups in total. The van der Waals surface area contributed by atoms with E-state index in [0.29, 0.717) is 5.56 Å². The quantitative estimate of drug-likeness (QED) is 0.897. The second-order valence-corrected chi connectivity index (χ2v) is 5.43. The van der Waals surface area contributed by atoms with Crippen LogP contribution in [-0.2, 0) is 4.79 Å². The summed E-state index contributed by atoms with van der Waals surface area (Å²) in [6.45, 7) is 6.12. The summed E-state index contributed by atoms with van der Waals surface area (Å²) in [4.78, 5) is 14.3. The molecule has 110 valence electrons. The molecule has 1 aliphatic rings. The lowest BCUT2D eigenvalue weighted by atomic mass is 10.1. The lowest BCUT2D eigenvalue weighted by Gasteiger charge is -2.30. The Morgan fingerprint density at radius 1 is 1.35 bits per heavy atom. The van der Waals surface area contributed by atoms with Crippen LogP contribution in [0.15, 0.2) is 24.3 Å². The SMILES string of the molecule is CCCC1NC(c2ccccc2F)N(C(C)CC)C1=O. The highest BCUT2D eigenvalue weighted by atomic mass is 19.1. The van der Waals surface area contributed by atoms with Gasteiger partial charge in [-0.2, -0.15) is 0 Å². The first-order chi connectivity index (χ1) is 9.60. The van der Waals surface area contributed by atoms with Gasteiger partial charge in [0.05, 0.1) is 6.04 Å². The van der Waals surface area contributed by atoms with Crippen LogP contribution in [0.1, 0.15) is 51.8 Å². The van der Waals surface area contributed by atoms with Crippen molar-refractivity contribution in [3.8, 4) is 0 Å². The van der Waals surface area contributed by atoms with Gasteiger partial charge in [0.15, 0.2) is 0 Å². The maximum absolute atomic E-state index is 14.0. The Balaban J connectivity index is 2.34. The highest BCUT2D eigenvalue weighted by Gasteiger charge is 2.41. The molecule has 1 aliphatic heterocycles. The van der Waals surface area contributed by atoms with E-state index in [-0.39, 0.29) is 30.0 Å². The predicted octanol–water partition coefficient (Wildman–Crippen LogP) is 3.22. The molecular weight excluding hydrogens is 255 g/mol. The van der Waals surface area contributed by atoms with E-state index in [4.69, 9.17) is 0 Å². The van der Waals surface area contributed by atoms with Crippen LogP contribution in [0.4, 0.5) is 4.39 Å². The standard InChI is InChI=1S/C16H23FN2O/c1-4-8-14-16(20)19(11(3)5-2)15(18-14)12-9-6-7-10-13(12)17/h6-7,9-11,14-15,18H,4-5,8H2,1-3H3. The second-order valence-electron chi connectivity index (χ2n) is 5.43. The molecule has 4 heteroatoms. The molecule has 3 nitrogen and oxygen atoms in total. The van der Waals surface area contributed by atoms with Crippen molar-refractivity contribution in [2.45, 2.75) is 58.3 Å². The van der Waals surface area contributed by atoms with Crippen molar-refractivity contribution >= 4 is 5.91 Å². The second kappa shape index (κ2) is 6.35. The predicted molar refractivity (Wildman–Crippen MR) is 77.6 cm³/mol. The fourth-order valence-corrected chi connectivity index (χ4v) is 2.75. The number of carbonyl (C=O) groups is 1. The molecule has 20 heavy (non-hydrogen) atoms. The average Bonchev–Trinajstić information content (AvgIpc) is 2.76. The molecule has 0 radical (unpaired) electrons. The smallest absolute Gasteiger partial charge is 0.241 e. The normalized spacial score (nSPS) is 24.2. The zero-order valence-corrected chi connectivity index (χ0v) is 12.4. The molecule has 1 saturated heterocycles. The van der Waals surface area contributed by atoms with Gasteiger partial charge in [-0.15, -0.1) is 0 Å². The largest absolute Gasteiger partial charge is 0.319 e. The monoisotopic (exact) mass is 278 g/mol. The number of rotatable bonds is 5. The maximum Gasteiger partial charge on any atom is 0.241 e. The molecule has 1 heterocycles. The number of benzene rings is 1. The van der Waals surface area contributed by atoms with Crippen LogP contribution in [0.25, 0.3) is 0 Å². The molecule has 1 amide bonds. The van der Waals surface area contributed by atoms with E-state index in [1.807, 2.05) is 19.9 Å². The summed E-state index contributed by atoms with van der Waals surface area (Å²) >= 11 is 0. The van der Waals surface area contributed by atoms with E-state index in [9.17, 15) is 9.18 Å². The summed E-state index contributed by atoms with van der Waals surface area (Å²) in [5.74, 6) is -0.169. The van der Waals surface area contributed by atoms with Gasteiger partial charge in [-0.25, -0.2) is 4.39 Å². The molecule has 2 rings (SSSR count). The fraction of sp³-hybridized carbons (Fsp3) is 0.562. The molecule has 1 aromatic rings. The molecule has 0 bridgehead atoms. The van der Waals surface area contributed by atoms with E-state index in [2.05, 4.69) is 12.2 Å². The van der Waals surface area contributed by atoms with Crippen LogP contribution in [0.5, 0.6) is 0 Å². The number of halogens is 1. The third-order valence-electron chi connectivity index (χ3n) is 4.03. The Kier molecular flexibility index (Phi) is 4.76. The number of carbonyl (C=O) groups excluding carboxylic acids is 1. The van der Waals surface area contributed by atoms with E-state index < -0.39 is 0 Å². The van der Waals surface area contributed by atoms with Crippen molar-refractivity contribution in [1.82, 2.24) is 10.2 Å². The van der Waals surface area contributed by atoms with Gasteiger partial charge in [-0.1, -0.05) is 38.5 Å². The molecule has 0 aromatic heterocycles. The van der Waals surface area contributed by atoms with Gasteiger partial charge < -0.3 is 4.90 Å². The van der Waals surface area contributed by atoms with E-state index in [0.717, 1.165) is 19.3 Å². The summed E-state index contributed by atoms with van der Waals surface area (Å²) in [7, 11) is 0. The highest BCUT2D eigenvalue weighted by Crippen LogP contribution is 2.31. The van der Waals surface area contributed by atoms with E-state index >= 15 is 0 Å². The maximum atomic E-state index is 14.0. The third kappa shape index (κ3) is 2.70. The fourth-order valence-electron chi connectivity index (χ4n) is 2.75. The Morgan fingerprint density at radius 2 is 2.05 bits per heavy atom. The van der Waals surface area contributed by atoms with Crippen molar-refractivity contribution in [3.05, 3.63) is 35.6 Å². The van der Waals surface area contributed by atoms with Crippen molar-refractivity contribution in [2.24, 2.45) is 0 Å². The van der Waals surface area contributed by atoms with Gasteiger partial charge in [-0.05, 0) is 25.8 Å². The first-order valence-electron chi connectivity index (χ1n) is 7.42. The van der Waals surface area contributed by atoms with E-state index in [1.54, 1.807) is 17.0 Å². The molecule has 3 atom stereocenters. The first-order valence-corrected chi connectivity index (χ1v) is 7.42. The van der Waals surface area contributed by atoms with Crippen molar-refractivity contribution in [3.63, 3.8) is 0 Å². The van der Waals surface area contributed by atoms with Gasteiger partial charge >= 0.3 is 0 Å². The summed E-state index contributed by atoms with van der Waals surface area (Å²) in [5, 5.41) is 3.30. The summed E-state index contributed by atoms with van der Waals surface area (Å²) < 4.78 is 14.0. The minimum absolute atomic E-state index is 0.0921. The molecule has 1 aromatic carbocycles. The third-order valence-corrected chi connectivity index (χ3v) is 4.03. The van der Waals surface area contributed by atoms with Crippen molar-refractivity contribution in [2.75, 3.05) is 0 Å². The number of nitrogens with zero attached hydrogens (tertiary/aromatic N) is 1. The average molecular weight is 278 g/mol. The van der Waals surface area contributed by atoms with Crippen molar-refractivity contribution in [1.29, 1.82) is 0 Å². The summed E-state index contributed by atoms with van der Waals surface area (Å²) in [6.07, 6.45) is 2.23. The summed E-state index contributed by atoms with van der Waals surface area (Å²) in [5.41, 5.74) is 0.555. The van der Waals surface area contributed by atoms with Crippen LogP contribution in [0.3, 0.4) is 0 Å². The Labute approximate surface area is 120 Å². The minimum atomic E-state index is -0.352. The van der Waals surface area contributed by atoms with Crippen LogP contribution in [0.2, 0.25) is 0 Å². The van der Waals surface area contributed by atoms with Gasteiger partial charge in [0, 0.05) is 11.6 Å². The van der Waals surface area contributed by atoms with Crippen LogP contribution in [-0.4, -0.2) is 22.9 Å². The minimum Gasteiger partial charge on any atom is -0.319 e. The van der Waals surface area contributed by atoms with Gasteiger partial charge in [0.25, 0.3) is 0 Å². The zero-order chi connectivity index (χ0) is 14.7. The Morgan fingerprint density at radius 3 is 2.65 bits per heavy atom. The molecule has 0 saturated carbocycles. The topological polar surface area (TPSA) is 32.3 Å². The molecule has 0 spiro atoms. The number of hydrogen-bond acceptors (Lipinski definition) is 2. The van der Waals surface area contributed by atoms with Crippen LogP contribution < -0.4 is 5.32 Å².